The molecule has 0 spiro atoms. The number of methoxy groups -OCH3 is 1. The summed E-state index contributed by atoms with van der Waals surface area (Å²) in [5, 5.41) is 11.4. The number of halogens is 3. The molecule has 5 nitrogen and oxygen atoms in total. The van der Waals surface area contributed by atoms with Gasteiger partial charge in [0.05, 0.1) is 18.7 Å². The highest BCUT2D eigenvalue weighted by Gasteiger charge is 2.31. The Balaban J connectivity index is 2.13. The van der Waals surface area contributed by atoms with Crippen LogP contribution in [0.25, 0.3) is 0 Å². The summed E-state index contributed by atoms with van der Waals surface area (Å²) in [7, 11) is 1.45. The Morgan fingerprint density at radius 1 is 1.08 bits per heavy atom. The minimum Gasteiger partial charge on any atom is -0.497 e. The van der Waals surface area contributed by atoms with E-state index in [-0.39, 0.29) is 11.3 Å². The lowest BCUT2D eigenvalue weighted by molar-refractivity contribution is -0.137. The van der Waals surface area contributed by atoms with E-state index >= 15 is 0 Å². The molecule has 0 aliphatic rings. The normalized spacial score (nSPS) is 12.0. The van der Waals surface area contributed by atoms with Gasteiger partial charge in [0.25, 0.3) is 0 Å². The molecule has 134 valence electrons. The molecule has 0 saturated carbocycles. The molecule has 0 saturated heterocycles. The van der Waals surface area contributed by atoms with Gasteiger partial charge >= 0.3 is 6.18 Å². The number of nitriles is 1. The van der Waals surface area contributed by atoms with Gasteiger partial charge in [-0.2, -0.15) is 18.4 Å². The van der Waals surface area contributed by atoms with Crippen LogP contribution in [0.4, 0.5) is 18.9 Å². The summed E-state index contributed by atoms with van der Waals surface area (Å²) >= 11 is 0. The van der Waals surface area contributed by atoms with Crippen LogP contribution in [0.15, 0.2) is 48.5 Å². The second kappa shape index (κ2) is 7.70. The predicted octanol–water partition coefficient (Wildman–Crippen LogP) is 3.68. The van der Waals surface area contributed by atoms with Crippen molar-refractivity contribution in [1.29, 1.82) is 5.26 Å². The Hall–Kier alpha value is -3.34. The van der Waals surface area contributed by atoms with Crippen LogP contribution in [0.3, 0.4) is 0 Å². The Bertz CT molecular complexity index is 838. The summed E-state index contributed by atoms with van der Waals surface area (Å²) < 4.78 is 42.5. The van der Waals surface area contributed by atoms with Crippen molar-refractivity contribution in [2.75, 3.05) is 12.4 Å². The fraction of sp³-hybridized carbons (Fsp3) is 0.167. The molecule has 1 atom stereocenters. The molecule has 0 fully saturated rings. The van der Waals surface area contributed by atoms with E-state index in [2.05, 4.69) is 5.32 Å². The Morgan fingerprint density at radius 3 is 2.12 bits per heavy atom. The summed E-state index contributed by atoms with van der Waals surface area (Å²) in [6.07, 6.45) is -4.50. The van der Waals surface area contributed by atoms with Crippen LogP contribution >= 0.6 is 0 Å². The molecule has 26 heavy (non-hydrogen) atoms. The van der Waals surface area contributed by atoms with E-state index in [1.807, 2.05) is 0 Å². The van der Waals surface area contributed by atoms with Gasteiger partial charge in [-0.25, -0.2) is 0 Å². The highest BCUT2D eigenvalue weighted by Crippen LogP contribution is 2.30. The van der Waals surface area contributed by atoms with Gasteiger partial charge < -0.3 is 10.1 Å². The smallest absolute Gasteiger partial charge is 0.416 e. The van der Waals surface area contributed by atoms with Crippen LogP contribution in [-0.2, 0) is 11.0 Å². The van der Waals surface area contributed by atoms with Crippen molar-refractivity contribution in [2.24, 2.45) is 5.92 Å². The number of hydrogen-bond acceptors (Lipinski definition) is 4. The van der Waals surface area contributed by atoms with Gasteiger partial charge in [0.15, 0.2) is 11.7 Å². The lowest BCUT2D eigenvalue weighted by Crippen LogP contribution is -2.28. The lowest BCUT2D eigenvalue weighted by Gasteiger charge is -2.11. The molecule has 1 N–H and O–H groups in total. The zero-order chi connectivity index (χ0) is 19.3. The molecular weight excluding hydrogens is 349 g/mol. The van der Waals surface area contributed by atoms with Crippen molar-refractivity contribution in [3.05, 3.63) is 59.7 Å². The lowest BCUT2D eigenvalue weighted by atomic mass is 9.98. The minimum absolute atomic E-state index is 0.0470. The van der Waals surface area contributed by atoms with E-state index in [1.54, 1.807) is 6.07 Å². The van der Waals surface area contributed by atoms with Gasteiger partial charge in [0, 0.05) is 11.3 Å². The minimum atomic E-state index is -4.50. The Labute approximate surface area is 147 Å². The van der Waals surface area contributed by atoms with Crippen LogP contribution in [0.1, 0.15) is 15.9 Å². The average molecular weight is 362 g/mol. The van der Waals surface area contributed by atoms with Crippen molar-refractivity contribution in [3.63, 3.8) is 0 Å². The number of carbonyl (C=O) groups excluding carboxylic acids is 2. The quantitative estimate of drug-likeness (QED) is 0.650. The van der Waals surface area contributed by atoms with E-state index in [9.17, 15) is 22.8 Å². The zero-order valence-corrected chi connectivity index (χ0v) is 13.5. The summed E-state index contributed by atoms with van der Waals surface area (Å²) in [5.74, 6) is -2.78. The van der Waals surface area contributed by atoms with Crippen molar-refractivity contribution in [2.45, 2.75) is 6.18 Å². The van der Waals surface area contributed by atoms with Crippen LogP contribution in [0.2, 0.25) is 0 Å². The molecule has 8 heteroatoms. The standard InChI is InChI=1S/C18H13F3N2O3/c1-26-14-8-2-11(3-9-14)16(24)15(10-22)17(25)23-13-6-4-12(5-7-13)18(19,20)21/h2-9,15H,1H3,(H,23,25). The van der Waals surface area contributed by atoms with Crippen LogP contribution in [-0.4, -0.2) is 18.8 Å². The number of ether oxygens (including phenoxy) is 1. The van der Waals surface area contributed by atoms with Crippen molar-refractivity contribution >= 4 is 17.4 Å². The Kier molecular flexibility index (Phi) is 5.62. The van der Waals surface area contributed by atoms with E-state index in [1.165, 1.54) is 31.4 Å². The van der Waals surface area contributed by atoms with Gasteiger partial charge in [-0.1, -0.05) is 0 Å². The largest absolute Gasteiger partial charge is 0.497 e. The van der Waals surface area contributed by atoms with E-state index in [0.29, 0.717) is 5.75 Å². The third kappa shape index (κ3) is 4.39. The highest BCUT2D eigenvalue weighted by atomic mass is 19.4. The van der Waals surface area contributed by atoms with Crippen molar-refractivity contribution in [3.8, 4) is 11.8 Å². The molecule has 2 aromatic rings. The summed E-state index contributed by atoms with van der Waals surface area (Å²) in [4.78, 5) is 24.5. The van der Waals surface area contributed by atoms with E-state index in [0.717, 1.165) is 24.3 Å². The van der Waals surface area contributed by atoms with Gasteiger partial charge in [-0.05, 0) is 48.5 Å². The molecule has 1 amide bonds. The molecule has 1 unspecified atom stereocenters. The third-order valence-electron chi connectivity index (χ3n) is 3.51. The third-order valence-corrected chi connectivity index (χ3v) is 3.51. The maximum atomic E-state index is 12.5. The van der Waals surface area contributed by atoms with Crippen LogP contribution < -0.4 is 10.1 Å². The number of rotatable bonds is 5. The van der Waals surface area contributed by atoms with Gasteiger partial charge in [-0.15, -0.1) is 0 Å². The number of Topliss-reactive ketones (excluding diaryl/α,β-unsaturated/α-hetero) is 1. The fourth-order valence-electron chi connectivity index (χ4n) is 2.12. The van der Waals surface area contributed by atoms with Crippen LogP contribution in [0.5, 0.6) is 5.75 Å². The number of ketones is 1. The first-order chi connectivity index (χ1) is 12.3. The summed E-state index contributed by atoms with van der Waals surface area (Å²) in [6.45, 7) is 0. The topological polar surface area (TPSA) is 79.2 Å². The number of amides is 1. The monoisotopic (exact) mass is 362 g/mol. The second-order valence-corrected chi connectivity index (χ2v) is 5.22. The summed E-state index contributed by atoms with van der Waals surface area (Å²) in [6, 6.07) is 11.1. The first kappa shape index (κ1) is 19.0. The van der Waals surface area contributed by atoms with E-state index in [4.69, 9.17) is 10.00 Å². The van der Waals surface area contributed by atoms with Crippen molar-refractivity contribution in [1.82, 2.24) is 0 Å². The second-order valence-electron chi connectivity index (χ2n) is 5.22. The first-order valence-corrected chi connectivity index (χ1v) is 7.32. The molecule has 0 aliphatic carbocycles. The number of nitrogens with zero attached hydrogens (tertiary/aromatic N) is 1. The average Bonchev–Trinajstić information content (AvgIpc) is 2.62. The number of anilines is 1. The molecule has 0 heterocycles. The summed E-state index contributed by atoms with van der Waals surface area (Å²) in [5.41, 5.74) is -0.688. The van der Waals surface area contributed by atoms with Gasteiger partial charge in [0.2, 0.25) is 5.91 Å². The molecule has 0 radical (unpaired) electrons. The predicted molar refractivity (Wildman–Crippen MR) is 86.5 cm³/mol. The van der Waals surface area contributed by atoms with Gasteiger partial charge in [0.1, 0.15) is 5.75 Å². The molecule has 2 aromatic carbocycles. The number of alkyl halides is 3. The number of hydrogen-bond donors (Lipinski definition) is 1. The maximum Gasteiger partial charge on any atom is 0.416 e. The molecule has 2 rings (SSSR count). The van der Waals surface area contributed by atoms with Crippen molar-refractivity contribution < 1.29 is 27.5 Å². The number of nitrogens with one attached hydrogen (secondary N) is 1. The maximum absolute atomic E-state index is 12.5. The Morgan fingerprint density at radius 2 is 1.65 bits per heavy atom. The molecule has 0 bridgehead atoms. The zero-order valence-electron chi connectivity index (χ0n) is 13.5. The number of carbonyl (C=O) groups is 2. The first-order valence-electron chi connectivity index (χ1n) is 7.32. The number of benzene rings is 2. The van der Waals surface area contributed by atoms with Crippen LogP contribution in [0, 0.1) is 17.2 Å². The molecule has 0 aromatic heterocycles. The molecular formula is C18H13F3N2O3. The fourth-order valence-corrected chi connectivity index (χ4v) is 2.12. The highest BCUT2D eigenvalue weighted by molar-refractivity contribution is 6.15. The van der Waals surface area contributed by atoms with Gasteiger partial charge in [-0.3, -0.25) is 9.59 Å². The van der Waals surface area contributed by atoms with E-state index < -0.39 is 29.3 Å². The molecule has 0 aliphatic heterocycles. The SMILES string of the molecule is COc1ccc(C(=O)C(C#N)C(=O)Nc2ccc(C(F)(F)F)cc2)cc1.